The van der Waals surface area contributed by atoms with Gasteiger partial charge < -0.3 is 11.1 Å². The van der Waals surface area contributed by atoms with Crippen LogP contribution in [0.5, 0.6) is 0 Å². The molecule has 0 saturated carbocycles. The minimum atomic E-state index is -5.09. The number of nitrogens with one attached hydrogen (secondary N) is 1. The number of halogens is 6. The molecule has 3 aromatic rings. The highest BCUT2D eigenvalue weighted by atomic mass is 19.4. The lowest BCUT2D eigenvalue weighted by atomic mass is 10.1. The highest BCUT2D eigenvalue weighted by Crippen LogP contribution is 2.36. The number of primary amides is 1. The zero-order valence-corrected chi connectivity index (χ0v) is 15.3. The summed E-state index contributed by atoms with van der Waals surface area (Å²) in [5.41, 5.74) is 1.69. The van der Waals surface area contributed by atoms with Crippen molar-refractivity contribution in [2.75, 3.05) is 5.32 Å². The molecule has 12 heteroatoms. The molecule has 0 radical (unpaired) electrons. The number of benzene rings is 2. The van der Waals surface area contributed by atoms with Crippen LogP contribution in [0.4, 0.5) is 32.0 Å². The average molecular weight is 442 g/mol. The molecule has 2 aromatic carbocycles. The van der Waals surface area contributed by atoms with E-state index in [9.17, 15) is 35.9 Å². The number of hydrogen-bond acceptors (Lipinski definition) is 3. The van der Waals surface area contributed by atoms with Gasteiger partial charge in [0, 0.05) is 11.6 Å². The molecule has 0 spiro atoms. The van der Waals surface area contributed by atoms with Gasteiger partial charge in [-0.1, -0.05) is 12.1 Å². The maximum Gasteiger partial charge on any atom is 0.435 e. The number of rotatable bonds is 4. The van der Waals surface area contributed by atoms with Crippen molar-refractivity contribution in [3.05, 3.63) is 77.1 Å². The fourth-order valence-electron chi connectivity index (χ4n) is 2.67. The predicted molar refractivity (Wildman–Crippen MR) is 96.5 cm³/mol. The smallest absolute Gasteiger partial charge is 0.366 e. The molecular formula is C19H12F6N4O2. The van der Waals surface area contributed by atoms with Crippen LogP contribution < -0.4 is 11.1 Å². The number of amides is 2. The van der Waals surface area contributed by atoms with Gasteiger partial charge in [-0.2, -0.15) is 31.4 Å². The molecule has 1 aromatic heterocycles. The molecule has 0 aliphatic heterocycles. The van der Waals surface area contributed by atoms with Crippen molar-refractivity contribution in [1.82, 2.24) is 9.78 Å². The Morgan fingerprint density at radius 3 is 2.06 bits per heavy atom. The summed E-state index contributed by atoms with van der Waals surface area (Å²) in [6, 6.07) is 10.0. The van der Waals surface area contributed by atoms with Gasteiger partial charge in [0.05, 0.1) is 16.9 Å². The van der Waals surface area contributed by atoms with E-state index in [0.29, 0.717) is 0 Å². The summed E-state index contributed by atoms with van der Waals surface area (Å²) in [6.45, 7) is 0. The van der Waals surface area contributed by atoms with Crippen LogP contribution in [0, 0.1) is 0 Å². The molecule has 0 aliphatic carbocycles. The Bertz CT molecular complexity index is 1130. The molecule has 0 fully saturated rings. The van der Waals surface area contributed by atoms with Crippen molar-refractivity contribution in [2.45, 2.75) is 12.4 Å². The summed E-state index contributed by atoms with van der Waals surface area (Å²) in [7, 11) is 0. The molecule has 3 N–H and O–H groups in total. The Hall–Kier alpha value is -3.83. The number of para-hydroxylation sites is 1. The Balaban J connectivity index is 1.91. The van der Waals surface area contributed by atoms with E-state index in [4.69, 9.17) is 5.73 Å². The highest BCUT2D eigenvalue weighted by molar-refractivity contribution is 6.08. The minimum Gasteiger partial charge on any atom is -0.366 e. The first-order chi connectivity index (χ1) is 14.4. The first kappa shape index (κ1) is 21.9. The molecule has 6 nitrogen and oxygen atoms in total. The van der Waals surface area contributed by atoms with Crippen LogP contribution in [0.15, 0.2) is 54.6 Å². The van der Waals surface area contributed by atoms with Crippen LogP contribution in [-0.2, 0) is 12.4 Å². The predicted octanol–water partition coefficient (Wildman–Crippen LogP) is 4.26. The number of nitrogens with two attached hydrogens (primary N) is 1. The van der Waals surface area contributed by atoms with Gasteiger partial charge in [0.1, 0.15) is 5.69 Å². The molecule has 0 aliphatic rings. The lowest BCUT2D eigenvalue weighted by Gasteiger charge is -2.11. The molecule has 0 saturated heterocycles. The van der Waals surface area contributed by atoms with Crippen LogP contribution in [0.2, 0.25) is 0 Å². The van der Waals surface area contributed by atoms with Gasteiger partial charge in [0.2, 0.25) is 0 Å². The van der Waals surface area contributed by atoms with Gasteiger partial charge in [-0.15, -0.1) is 0 Å². The SMILES string of the molecule is NC(=O)c1ccccc1NC(=O)c1ccc(-n2nc(C(F)(F)F)cc2C(F)(F)F)cc1. The molecule has 31 heavy (non-hydrogen) atoms. The average Bonchev–Trinajstić information content (AvgIpc) is 3.15. The van der Waals surface area contributed by atoms with Crippen LogP contribution in [0.1, 0.15) is 32.1 Å². The lowest BCUT2D eigenvalue weighted by Crippen LogP contribution is -2.18. The van der Waals surface area contributed by atoms with E-state index in [1.54, 1.807) is 6.07 Å². The number of carbonyl (C=O) groups excluding carboxylic acids is 2. The maximum atomic E-state index is 13.2. The molecule has 2 amide bonds. The van der Waals surface area contributed by atoms with Crippen LogP contribution in [0.3, 0.4) is 0 Å². The monoisotopic (exact) mass is 442 g/mol. The van der Waals surface area contributed by atoms with E-state index in [1.165, 1.54) is 18.2 Å². The lowest BCUT2D eigenvalue weighted by molar-refractivity contribution is -0.143. The number of carbonyl (C=O) groups is 2. The molecule has 0 unspecified atom stereocenters. The third-order valence-electron chi connectivity index (χ3n) is 4.11. The van der Waals surface area contributed by atoms with Gasteiger partial charge >= 0.3 is 12.4 Å². The van der Waals surface area contributed by atoms with E-state index >= 15 is 0 Å². The van der Waals surface area contributed by atoms with Crippen LogP contribution in [-0.4, -0.2) is 21.6 Å². The zero-order valence-electron chi connectivity index (χ0n) is 15.3. The highest BCUT2D eigenvalue weighted by Gasteiger charge is 2.42. The van der Waals surface area contributed by atoms with Crippen LogP contribution >= 0.6 is 0 Å². The topological polar surface area (TPSA) is 90.0 Å². The number of aromatic nitrogens is 2. The Morgan fingerprint density at radius 2 is 1.52 bits per heavy atom. The molecular weight excluding hydrogens is 430 g/mol. The van der Waals surface area contributed by atoms with Crippen molar-refractivity contribution in [3.63, 3.8) is 0 Å². The Labute approximate surface area is 170 Å². The summed E-state index contributed by atoms with van der Waals surface area (Å²) in [5, 5.41) is 5.45. The van der Waals surface area contributed by atoms with Crippen LogP contribution in [0.25, 0.3) is 5.69 Å². The third-order valence-corrected chi connectivity index (χ3v) is 4.11. The molecule has 1 heterocycles. The van der Waals surface area contributed by atoms with E-state index in [0.717, 1.165) is 24.3 Å². The molecule has 162 valence electrons. The van der Waals surface area contributed by atoms with Gasteiger partial charge in [0.25, 0.3) is 11.8 Å². The summed E-state index contributed by atoms with van der Waals surface area (Å²) >= 11 is 0. The normalized spacial score (nSPS) is 11.9. The van der Waals surface area contributed by atoms with Crippen molar-refractivity contribution in [3.8, 4) is 5.69 Å². The summed E-state index contributed by atoms with van der Waals surface area (Å²) in [4.78, 5) is 23.8. The van der Waals surface area contributed by atoms with Crippen molar-refractivity contribution in [2.24, 2.45) is 5.73 Å². The van der Waals surface area contributed by atoms with Crippen molar-refractivity contribution >= 4 is 17.5 Å². The second-order valence-corrected chi connectivity index (χ2v) is 6.23. The zero-order chi connectivity index (χ0) is 23.0. The van der Waals surface area contributed by atoms with Crippen molar-refractivity contribution in [1.29, 1.82) is 0 Å². The molecule has 0 atom stereocenters. The molecule has 0 bridgehead atoms. The second-order valence-electron chi connectivity index (χ2n) is 6.23. The number of nitrogens with zero attached hydrogens (tertiary/aromatic N) is 2. The largest absolute Gasteiger partial charge is 0.435 e. The van der Waals surface area contributed by atoms with Gasteiger partial charge in [0.15, 0.2) is 5.69 Å². The fraction of sp³-hybridized carbons (Fsp3) is 0.105. The second kappa shape index (κ2) is 7.78. The summed E-state index contributed by atoms with van der Waals surface area (Å²) in [6.07, 6.45) is -10.2. The number of hydrogen-bond donors (Lipinski definition) is 2. The van der Waals surface area contributed by atoms with Gasteiger partial charge in [-0.05, 0) is 36.4 Å². The van der Waals surface area contributed by atoms with Crippen molar-refractivity contribution < 1.29 is 35.9 Å². The van der Waals surface area contributed by atoms with E-state index in [2.05, 4.69) is 10.4 Å². The van der Waals surface area contributed by atoms with E-state index < -0.39 is 35.6 Å². The van der Waals surface area contributed by atoms with Gasteiger partial charge in [-0.25, -0.2) is 4.68 Å². The van der Waals surface area contributed by atoms with E-state index in [-0.39, 0.29) is 33.2 Å². The number of alkyl halides is 6. The summed E-state index contributed by atoms with van der Waals surface area (Å²) in [5.74, 6) is -1.50. The third kappa shape index (κ3) is 4.68. The Morgan fingerprint density at radius 1 is 0.903 bits per heavy atom. The fourth-order valence-corrected chi connectivity index (χ4v) is 2.67. The number of anilines is 1. The minimum absolute atomic E-state index is 0.0280. The summed E-state index contributed by atoms with van der Waals surface area (Å²) < 4.78 is 78.0. The molecule has 3 rings (SSSR count). The van der Waals surface area contributed by atoms with E-state index in [1.807, 2.05) is 0 Å². The quantitative estimate of drug-likeness (QED) is 0.592. The Kier molecular flexibility index (Phi) is 5.49. The maximum absolute atomic E-state index is 13.2. The standard InChI is InChI=1S/C19H12F6N4O2/c20-18(21,22)14-9-15(19(23,24)25)29(28-14)11-7-5-10(6-8-11)17(31)27-13-4-2-1-3-12(13)16(26)30/h1-9H,(H2,26,30)(H,27,31). The first-order valence-electron chi connectivity index (χ1n) is 8.43. The first-order valence-corrected chi connectivity index (χ1v) is 8.43. The van der Waals surface area contributed by atoms with Gasteiger partial charge in [-0.3, -0.25) is 9.59 Å².